The van der Waals surface area contributed by atoms with Crippen LogP contribution in [0.3, 0.4) is 0 Å². The maximum Gasteiger partial charge on any atom is 0.250 e. The number of rotatable bonds is 5. The lowest BCUT2D eigenvalue weighted by Gasteiger charge is -2.39. The summed E-state index contributed by atoms with van der Waals surface area (Å²) >= 11 is 12.3. The van der Waals surface area contributed by atoms with Crippen LogP contribution in [0.1, 0.15) is 36.3 Å². The van der Waals surface area contributed by atoms with Gasteiger partial charge in [-0.3, -0.25) is 9.69 Å². The molecular weight excluding hydrogens is 440 g/mol. The summed E-state index contributed by atoms with van der Waals surface area (Å²) in [5.41, 5.74) is 7.25. The van der Waals surface area contributed by atoms with Crippen LogP contribution in [-0.4, -0.2) is 41.1 Å². The molecule has 4 N–H and O–H groups in total. The molecule has 1 amide bonds. The van der Waals surface area contributed by atoms with Gasteiger partial charge in [-0.2, -0.15) is 0 Å². The lowest BCUT2D eigenvalue weighted by Crippen LogP contribution is -2.52. The number of hydrogen-bond acceptors (Lipinski definition) is 4. The maximum atomic E-state index is 15.3. The minimum Gasteiger partial charge on any atom is -0.396 e. The first-order valence-corrected chi connectivity index (χ1v) is 11.3. The quantitative estimate of drug-likeness (QED) is 0.628. The number of hydrogen-bond donors (Lipinski definition) is 3. The van der Waals surface area contributed by atoms with Crippen molar-refractivity contribution < 1.29 is 14.3 Å². The van der Waals surface area contributed by atoms with Crippen LogP contribution in [0.4, 0.5) is 10.1 Å². The van der Waals surface area contributed by atoms with E-state index in [1.165, 1.54) is 6.07 Å². The number of anilines is 1. The molecule has 0 radical (unpaired) electrons. The lowest BCUT2D eigenvalue weighted by atomic mass is 9.73. The molecule has 5 nitrogen and oxygen atoms in total. The van der Waals surface area contributed by atoms with Gasteiger partial charge in [0.2, 0.25) is 5.91 Å². The summed E-state index contributed by atoms with van der Waals surface area (Å²) in [5, 5.41) is 13.3. The van der Waals surface area contributed by atoms with Crippen molar-refractivity contribution in [2.75, 3.05) is 18.5 Å². The Kier molecular flexibility index (Phi) is 5.26. The molecule has 2 aromatic rings. The first-order valence-electron chi connectivity index (χ1n) is 10.6. The Hall–Kier alpha value is -1.70. The Morgan fingerprint density at radius 2 is 2.03 bits per heavy atom. The molecule has 2 heterocycles. The van der Waals surface area contributed by atoms with Crippen LogP contribution in [0.5, 0.6) is 0 Å². The summed E-state index contributed by atoms with van der Waals surface area (Å²) in [6.07, 6.45) is 2.56. The minimum atomic E-state index is -1.20. The van der Waals surface area contributed by atoms with Gasteiger partial charge in [0.1, 0.15) is 11.4 Å². The third-order valence-corrected chi connectivity index (χ3v) is 7.54. The van der Waals surface area contributed by atoms with Crippen LogP contribution >= 0.6 is 23.2 Å². The lowest BCUT2D eigenvalue weighted by molar-refractivity contribution is -0.128. The Morgan fingerprint density at radius 1 is 1.26 bits per heavy atom. The number of nitrogens with one attached hydrogen (secondary N) is 1. The highest BCUT2D eigenvalue weighted by atomic mass is 35.5. The number of aliphatic hydroxyl groups is 1. The minimum absolute atomic E-state index is 0.00562. The second-order valence-electron chi connectivity index (χ2n) is 8.78. The van der Waals surface area contributed by atoms with Gasteiger partial charge in [-0.15, -0.1) is 0 Å². The van der Waals surface area contributed by atoms with Gasteiger partial charge in [0.05, 0.1) is 5.02 Å². The molecule has 5 rings (SSSR count). The molecule has 4 atom stereocenters. The zero-order valence-corrected chi connectivity index (χ0v) is 18.3. The predicted octanol–water partition coefficient (Wildman–Crippen LogP) is 3.87. The molecule has 0 bridgehead atoms. The van der Waals surface area contributed by atoms with Crippen molar-refractivity contribution >= 4 is 34.8 Å². The predicted molar refractivity (Wildman–Crippen MR) is 119 cm³/mol. The number of amides is 1. The molecule has 1 aliphatic carbocycles. The van der Waals surface area contributed by atoms with Crippen molar-refractivity contribution in [2.45, 2.75) is 42.8 Å². The highest BCUT2D eigenvalue weighted by molar-refractivity contribution is 6.31. The first kappa shape index (κ1) is 21.2. The SMILES string of the molecule is N[C@@H]1[C@H](CCO)N(CC2CC2)[C@@]2(C(=O)Nc3cc(Cl)ccc32)[C@H]1c1cccc(Cl)c1F. The number of fused-ring (bicyclic) bond motifs is 2. The first-order chi connectivity index (χ1) is 14.9. The van der Waals surface area contributed by atoms with E-state index >= 15 is 4.39 Å². The van der Waals surface area contributed by atoms with Crippen molar-refractivity contribution in [1.29, 1.82) is 0 Å². The van der Waals surface area contributed by atoms with Crippen LogP contribution < -0.4 is 11.1 Å². The summed E-state index contributed by atoms with van der Waals surface area (Å²) in [4.78, 5) is 15.9. The van der Waals surface area contributed by atoms with Crippen molar-refractivity contribution in [2.24, 2.45) is 11.7 Å². The fraction of sp³-hybridized carbons (Fsp3) is 0.435. The Morgan fingerprint density at radius 3 is 2.74 bits per heavy atom. The number of nitrogens with zero attached hydrogens (tertiary/aromatic N) is 1. The molecule has 3 aliphatic rings. The number of carbonyl (C=O) groups excluding carboxylic acids is 1. The number of carbonyl (C=O) groups is 1. The van der Waals surface area contributed by atoms with Gasteiger partial charge in [-0.1, -0.05) is 41.4 Å². The summed E-state index contributed by atoms with van der Waals surface area (Å²) in [7, 11) is 0. The second kappa shape index (κ2) is 7.71. The van der Waals surface area contributed by atoms with Gasteiger partial charge in [0, 0.05) is 47.4 Å². The van der Waals surface area contributed by atoms with E-state index < -0.39 is 23.3 Å². The Bertz CT molecular complexity index is 1050. The number of likely N-dealkylation sites (tertiary alicyclic amines) is 1. The fourth-order valence-corrected chi connectivity index (χ4v) is 5.92. The molecule has 2 fully saturated rings. The van der Waals surface area contributed by atoms with Crippen LogP contribution in [0, 0.1) is 11.7 Å². The fourth-order valence-electron chi connectivity index (χ4n) is 5.57. The third kappa shape index (κ3) is 3.11. The zero-order valence-electron chi connectivity index (χ0n) is 16.8. The van der Waals surface area contributed by atoms with E-state index in [2.05, 4.69) is 10.2 Å². The molecule has 1 saturated carbocycles. The van der Waals surface area contributed by atoms with Gasteiger partial charge in [0.25, 0.3) is 0 Å². The molecule has 8 heteroatoms. The van der Waals surface area contributed by atoms with E-state index in [9.17, 15) is 9.90 Å². The molecular formula is C23H24Cl2FN3O2. The largest absolute Gasteiger partial charge is 0.396 e. The number of aliphatic hydroxyl groups excluding tert-OH is 1. The molecule has 1 spiro atoms. The monoisotopic (exact) mass is 463 g/mol. The van der Waals surface area contributed by atoms with E-state index in [-0.39, 0.29) is 23.6 Å². The molecule has 164 valence electrons. The van der Waals surface area contributed by atoms with E-state index in [0.717, 1.165) is 18.4 Å². The van der Waals surface area contributed by atoms with Gasteiger partial charge in [-0.25, -0.2) is 4.39 Å². The van der Waals surface area contributed by atoms with Gasteiger partial charge in [-0.05, 0) is 48.9 Å². The average molecular weight is 464 g/mol. The average Bonchev–Trinajstić information content (AvgIpc) is 3.46. The van der Waals surface area contributed by atoms with E-state index in [4.69, 9.17) is 28.9 Å². The van der Waals surface area contributed by atoms with E-state index in [1.54, 1.807) is 24.3 Å². The van der Waals surface area contributed by atoms with E-state index in [1.807, 2.05) is 6.07 Å². The van der Waals surface area contributed by atoms with Crippen LogP contribution in [0.25, 0.3) is 0 Å². The molecule has 2 aliphatic heterocycles. The molecule has 0 aromatic heterocycles. The Labute approximate surface area is 190 Å². The van der Waals surface area contributed by atoms with Crippen molar-refractivity contribution in [1.82, 2.24) is 4.90 Å². The van der Waals surface area contributed by atoms with Gasteiger partial charge >= 0.3 is 0 Å². The Balaban J connectivity index is 1.78. The van der Waals surface area contributed by atoms with Gasteiger partial charge in [0.15, 0.2) is 0 Å². The van der Waals surface area contributed by atoms with Crippen molar-refractivity contribution in [3.8, 4) is 0 Å². The van der Waals surface area contributed by atoms with Crippen LogP contribution in [0.2, 0.25) is 10.0 Å². The maximum absolute atomic E-state index is 15.3. The number of halogens is 3. The highest BCUT2D eigenvalue weighted by Crippen LogP contribution is 2.58. The van der Waals surface area contributed by atoms with Gasteiger partial charge < -0.3 is 16.2 Å². The normalized spacial score (nSPS) is 30.1. The smallest absolute Gasteiger partial charge is 0.250 e. The van der Waals surface area contributed by atoms with Crippen molar-refractivity contribution in [3.05, 3.63) is 63.4 Å². The summed E-state index contributed by atoms with van der Waals surface area (Å²) in [6.45, 7) is 0.585. The second-order valence-corrected chi connectivity index (χ2v) is 9.63. The highest BCUT2D eigenvalue weighted by Gasteiger charge is 2.66. The topological polar surface area (TPSA) is 78.6 Å². The van der Waals surface area contributed by atoms with Crippen LogP contribution in [0.15, 0.2) is 36.4 Å². The van der Waals surface area contributed by atoms with Crippen LogP contribution in [-0.2, 0) is 10.3 Å². The molecule has 0 unspecified atom stereocenters. The molecule has 31 heavy (non-hydrogen) atoms. The molecule has 1 saturated heterocycles. The zero-order chi connectivity index (χ0) is 21.9. The summed E-state index contributed by atoms with van der Waals surface area (Å²) in [5.74, 6) is -1.03. The standard InChI is InChI=1S/C23H24Cl2FN3O2/c24-13-6-7-15-17(10-13)28-22(31)23(15)19(14-2-1-3-16(25)20(14)26)21(27)18(8-9-30)29(23)11-12-4-5-12/h1-3,6-7,10,12,18-19,21,30H,4-5,8-9,11,27H2,(H,28,31)/t18-,19-,21+,23+/m0/s1. The number of benzene rings is 2. The van der Waals surface area contributed by atoms with Crippen molar-refractivity contribution in [3.63, 3.8) is 0 Å². The number of nitrogens with two attached hydrogens (primary N) is 1. The molecule has 2 aromatic carbocycles. The van der Waals surface area contributed by atoms with E-state index in [0.29, 0.717) is 35.2 Å². The summed E-state index contributed by atoms with van der Waals surface area (Å²) < 4.78 is 15.3. The third-order valence-electron chi connectivity index (χ3n) is 7.01. The summed E-state index contributed by atoms with van der Waals surface area (Å²) in [6, 6.07) is 9.26.